The number of ether oxygens (including phenoxy) is 1. The molecule has 2 aliphatic rings. The first kappa shape index (κ1) is 19.6. The van der Waals surface area contributed by atoms with Gasteiger partial charge in [-0.2, -0.15) is 0 Å². The second-order valence-electron chi connectivity index (χ2n) is 8.28. The molecule has 2 N–H and O–H groups in total. The maximum absolute atomic E-state index is 13.0. The van der Waals surface area contributed by atoms with Crippen molar-refractivity contribution >= 4 is 33.1 Å². The molecule has 1 saturated carbocycles. The third kappa shape index (κ3) is 4.24. The zero-order valence-electron chi connectivity index (χ0n) is 17.1. The summed E-state index contributed by atoms with van der Waals surface area (Å²) in [7, 11) is 0. The molecule has 0 unspecified atom stereocenters. The molecule has 1 aromatic heterocycles. The smallest absolute Gasteiger partial charge is 0.258 e. The predicted molar refractivity (Wildman–Crippen MR) is 119 cm³/mol. The highest BCUT2D eigenvalue weighted by atomic mass is 32.1. The van der Waals surface area contributed by atoms with Crippen molar-refractivity contribution in [1.82, 2.24) is 15.5 Å². The highest BCUT2D eigenvalue weighted by Crippen LogP contribution is 2.42. The first-order chi connectivity index (χ1) is 14.7. The van der Waals surface area contributed by atoms with Crippen LogP contribution in [0.3, 0.4) is 0 Å². The van der Waals surface area contributed by atoms with Crippen LogP contribution in [0.25, 0.3) is 10.8 Å². The van der Waals surface area contributed by atoms with Gasteiger partial charge >= 0.3 is 0 Å². The fourth-order valence-corrected chi connectivity index (χ4v) is 4.89. The molecule has 2 heterocycles. The van der Waals surface area contributed by atoms with E-state index in [1.54, 1.807) is 0 Å². The molecule has 2 fully saturated rings. The second-order valence-corrected chi connectivity index (χ2v) is 9.46. The highest BCUT2D eigenvalue weighted by Gasteiger charge is 2.39. The van der Waals surface area contributed by atoms with Crippen LogP contribution >= 0.6 is 11.3 Å². The summed E-state index contributed by atoms with van der Waals surface area (Å²) in [5.74, 6) is 1.05. The topological polar surface area (TPSA) is 76.1 Å². The number of nitrogens with one attached hydrogen (secondary N) is 2. The van der Waals surface area contributed by atoms with Crippen molar-refractivity contribution in [1.29, 1.82) is 0 Å². The molecule has 0 bridgehead atoms. The maximum atomic E-state index is 13.0. The van der Waals surface area contributed by atoms with Crippen LogP contribution in [0.15, 0.2) is 36.4 Å². The Morgan fingerprint density at radius 1 is 1.20 bits per heavy atom. The van der Waals surface area contributed by atoms with Crippen molar-refractivity contribution in [3.05, 3.63) is 52.5 Å². The van der Waals surface area contributed by atoms with Gasteiger partial charge in [0.15, 0.2) is 0 Å². The number of carbonyl (C=O) groups excluding carboxylic acids is 1. The molecule has 1 aliphatic heterocycles. The molecule has 156 valence electrons. The van der Waals surface area contributed by atoms with E-state index < -0.39 is 0 Å². The van der Waals surface area contributed by atoms with Crippen molar-refractivity contribution in [2.75, 3.05) is 25.1 Å². The summed E-state index contributed by atoms with van der Waals surface area (Å²) < 4.78 is 5.46. The van der Waals surface area contributed by atoms with E-state index >= 15 is 0 Å². The monoisotopic (exact) mass is 422 g/mol. The molecule has 3 aromatic rings. The van der Waals surface area contributed by atoms with E-state index in [-0.39, 0.29) is 5.91 Å². The molecule has 1 aliphatic carbocycles. The Hall–Kier alpha value is -2.35. The molecule has 5 rings (SSSR count). The lowest BCUT2D eigenvalue weighted by Crippen LogP contribution is -2.29. The molecule has 7 heteroatoms. The van der Waals surface area contributed by atoms with E-state index in [1.165, 1.54) is 16.9 Å². The zero-order valence-corrected chi connectivity index (χ0v) is 17.9. The molecular weight excluding hydrogens is 396 g/mol. The number of hydrogen-bond donors (Lipinski definition) is 2. The number of hydrogen-bond acceptors (Lipinski definition) is 6. The fraction of sp³-hybridized carbons (Fsp3) is 0.435. The van der Waals surface area contributed by atoms with Gasteiger partial charge in [-0.15, -0.1) is 10.2 Å². The van der Waals surface area contributed by atoms with Crippen LogP contribution in [0, 0.1) is 12.8 Å². The van der Waals surface area contributed by atoms with E-state index in [9.17, 15) is 4.79 Å². The van der Waals surface area contributed by atoms with Crippen LogP contribution in [0.5, 0.6) is 0 Å². The van der Waals surface area contributed by atoms with E-state index in [4.69, 9.17) is 4.74 Å². The van der Waals surface area contributed by atoms with Crippen LogP contribution in [0.4, 0.5) is 5.13 Å². The van der Waals surface area contributed by atoms with E-state index in [2.05, 4.69) is 39.0 Å². The van der Waals surface area contributed by atoms with Gasteiger partial charge in [0.05, 0.1) is 0 Å². The molecule has 0 spiro atoms. The Labute approximate surface area is 180 Å². The van der Waals surface area contributed by atoms with Gasteiger partial charge in [-0.25, -0.2) is 0 Å². The summed E-state index contributed by atoms with van der Waals surface area (Å²) in [5, 5.41) is 18.1. The Morgan fingerprint density at radius 3 is 2.83 bits per heavy atom. The van der Waals surface area contributed by atoms with Gasteiger partial charge in [-0.1, -0.05) is 41.7 Å². The Balaban J connectivity index is 1.34. The number of benzene rings is 2. The molecule has 1 saturated heterocycles. The standard InChI is InChI=1S/C23H26N4O2S/c1-14-26-27-23(30-14)25-22(28)20-11-17(10-16-4-2-3-5-18(16)20)19-12-21(19)24-13-15-6-8-29-9-7-15/h2-5,10-11,15,19,21,24H,6-9,12-13H2,1H3,(H,25,27,28)/t19-,21+/m0/s1. The largest absolute Gasteiger partial charge is 0.381 e. The number of anilines is 1. The SMILES string of the molecule is Cc1nnc(NC(=O)c2cc([C@@H]3C[C@H]3NCC3CCOCC3)cc3ccccc23)s1. The van der Waals surface area contributed by atoms with Gasteiger partial charge in [0, 0.05) is 30.7 Å². The van der Waals surface area contributed by atoms with Crippen molar-refractivity contribution in [3.8, 4) is 0 Å². The first-order valence-corrected chi connectivity index (χ1v) is 11.4. The summed E-state index contributed by atoms with van der Waals surface area (Å²) in [6.07, 6.45) is 3.42. The highest BCUT2D eigenvalue weighted by molar-refractivity contribution is 7.15. The molecule has 2 atom stereocenters. The molecule has 0 radical (unpaired) electrons. The summed E-state index contributed by atoms with van der Waals surface area (Å²) in [5.41, 5.74) is 1.93. The van der Waals surface area contributed by atoms with Crippen LogP contribution in [-0.2, 0) is 4.74 Å². The lowest BCUT2D eigenvalue weighted by Gasteiger charge is -2.22. The number of aryl methyl sites for hydroxylation is 1. The average molecular weight is 423 g/mol. The van der Waals surface area contributed by atoms with E-state index in [0.717, 1.165) is 54.8 Å². The third-order valence-electron chi connectivity index (χ3n) is 6.10. The van der Waals surface area contributed by atoms with Gasteiger partial charge in [0.1, 0.15) is 5.01 Å². The number of amides is 1. The van der Waals surface area contributed by atoms with E-state index in [0.29, 0.717) is 28.6 Å². The Kier molecular flexibility index (Phi) is 5.50. The number of aromatic nitrogens is 2. The normalized spacial score (nSPS) is 21.6. The van der Waals surface area contributed by atoms with Gasteiger partial charge in [-0.05, 0) is 61.1 Å². The second kappa shape index (κ2) is 8.41. The van der Waals surface area contributed by atoms with Gasteiger partial charge in [0.2, 0.25) is 5.13 Å². The van der Waals surface area contributed by atoms with Gasteiger partial charge < -0.3 is 10.1 Å². The van der Waals surface area contributed by atoms with Crippen molar-refractivity contribution < 1.29 is 9.53 Å². The first-order valence-electron chi connectivity index (χ1n) is 10.6. The lowest BCUT2D eigenvalue weighted by molar-refractivity contribution is 0.0662. The van der Waals surface area contributed by atoms with Crippen LogP contribution in [0.1, 0.15) is 46.1 Å². The molecular formula is C23H26N4O2S. The minimum Gasteiger partial charge on any atom is -0.381 e. The third-order valence-corrected chi connectivity index (χ3v) is 6.86. The zero-order chi connectivity index (χ0) is 20.5. The minimum absolute atomic E-state index is 0.128. The quantitative estimate of drug-likeness (QED) is 0.625. The van der Waals surface area contributed by atoms with Crippen molar-refractivity contribution in [2.45, 2.75) is 38.1 Å². The molecule has 6 nitrogen and oxygen atoms in total. The Bertz CT molecular complexity index is 1060. The average Bonchev–Trinajstić information content (AvgIpc) is 3.45. The Morgan fingerprint density at radius 2 is 2.03 bits per heavy atom. The summed E-state index contributed by atoms with van der Waals surface area (Å²) in [4.78, 5) is 13.0. The predicted octanol–water partition coefficient (Wildman–Crippen LogP) is 4.12. The minimum atomic E-state index is -0.128. The van der Waals surface area contributed by atoms with Gasteiger partial charge in [-0.3, -0.25) is 10.1 Å². The number of rotatable bonds is 6. The number of carbonyl (C=O) groups is 1. The fourth-order valence-electron chi connectivity index (χ4n) is 4.30. The summed E-state index contributed by atoms with van der Waals surface area (Å²) in [6, 6.07) is 12.9. The maximum Gasteiger partial charge on any atom is 0.258 e. The van der Waals surface area contributed by atoms with Crippen molar-refractivity contribution in [3.63, 3.8) is 0 Å². The summed E-state index contributed by atoms with van der Waals surface area (Å²) in [6.45, 7) is 4.71. The van der Waals surface area contributed by atoms with Crippen molar-refractivity contribution in [2.24, 2.45) is 5.92 Å². The molecule has 1 amide bonds. The number of fused-ring (bicyclic) bond motifs is 1. The van der Waals surface area contributed by atoms with Crippen LogP contribution in [-0.4, -0.2) is 41.9 Å². The van der Waals surface area contributed by atoms with Crippen LogP contribution < -0.4 is 10.6 Å². The van der Waals surface area contributed by atoms with Crippen LogP contribution in [0.2, 0.25) is 0 Å². The molecule has 30 heavy (non-hydrogen) atoms. The summed E-state index contributed by atoms with van der Waals surface area (Å²) >= 11 is 1.39. The molecule has 2 aromatic carbocycles. The number of nitrogens with zero attached hydrogens (tertiary/aromatic N) is 2. The van der Waals surface area contributed by atoms with Gasteiger partial charge in [0.25, 0.3) is 5.91 Å². The lowest BCUT2D eigenvalue weighted by atomic mass is 9.97. The van der Waals surface area contributed by atoms with E-state index in [1.807, 2.05) is 25.1 Å².